The minimum absolute atomic E-state index is 0.726. The monoisotopic (exact) mass is 347 g/mol. The maximum absolute atomic E-state index is 5.96. The first-order chi connectivity index (χ1) is 7.59. The Hall–Kier alpha value is -0.290. The summed E-state index contributed by atoms with van der Waals surface area (Å²) < 4.78 is 1.74. The summed E-state index contributed by atoms with van der Waals surface area (Å²) in [5, 5.41) is 0. The third-order valence-electron chi connectivity index (χ3n) is 3.07. The summed E-state index contributed by atoms with van der Waals surface area (Å²) in [6, 6.07) is 0. The van der Waals surface area contributed by atoms with Crippen LogP contribution in [0.4, 0.5) is 11.5 Å². The Balaban J connectivity index is 2.24. The van der Waals surface area contributed by atoms with Gasteiger partial charge in [-0.05, 0) is 50.6 Å². The topological polar surface area (TPSA) is 42.2 Å². The van der Waals surface area contributed by atoms with Crippen molar-refractivity contribution in [1.29, 1.82) is 0 Å². The predicted octanol–water partition coefficient (Wildman–Crippen LogP) is 3.43. The third-order valence-corrected chi connectivity index (χ3v) is 4.49. The molecule has 5 heteroatoms. The summed E-state index contributed by atoms with van der Waals surface area (Å²) in [5.74, 6) is 1.79. The number of hydrogen-bond donors (Lipinski definition) is 1. The fourth-order valence-electron chi connectivity index (χ4n) is 1.91. The van der Waals surface area contributed by atoms with Crippen LogP contribution in [0, 0.1) is 5.92 Å². The molecular formula is C11H15Br2N3. The van der Waals surface area contributed by atoms with Gasteiger partial charge in [0.05, 0.1) is 14.6 Å². The van der Waals surface area contributed by atoms with Crippen LogP contribution in [0.25, 0.3) is 0 Å². The van der Waals surface area contributed by atoms with E-state index >= 15 is 0 Å². The number of hydrogen-bond acceptors (Lipinski definition) is 3. The molecule has 0 aromatic carbocycles. The van der Waals surface area contributed by atoms with E-state index < -0.39 is 0 Å². The lowest BCUT2D eigenvalue weighted by atomic mass is 9.99. The molecule has 2 rings (SSSR count). The average Bonchev–Trinajstić information content (AvgIpc) is 2.28. The number of anilines is 2. The molecule has 2 N–H and O–H groups in total. The van der Waals surface area contributed by atoms with Gasteiger partial charge in [-0.3, -0.25) is 0 Å². The van der Waals surface area contributed by atoms with Gasteiger partial charge >= 0.3 is 0 Å². The maximum atomic E-state index is 5.96. The third kappa shape index (κ3) is 2.35. The molecule has 1 aromatic rings. The molecule has 0 bridgehead atoms. The smallest absolute Gasteiger partial charge is 0.145 e. The van der Waals surface area contributed by atoms with Crippen LogP contribution in [0.15, 0.2) is 15.1 Å². The summed E-state index contributed by atoms with van der Waals surface area (Å²) in [4.78, 5) is 6.74. The van der Waals surface area contributed by atoms with E-state index in [1.54, 1.807) is 6.20 Å². The van der Waals surface area contributed by atoms with Crippen molar-refractivity contribution in [3.8, 4) is 0 Å². The van der Waals surface area contributed by atoms with Gasteiger partial charge < -0.3 is 10.6 Å². The van der Waals surface area contributed by atoms with Gasteiger partial charge in [-0.2, -0.15) is 0 Å². The van der Waals surface area contributed by atoms with E-state index in [2.05, 4.69) is 48.7 Å². The van der Waals surface area contributed by atoms with Gasteiger partial charge in [0.1, 0.15) is 5.82 Å². The molecule has 0 radical (unpaired) electrons. The fraction of sp³-hybridized carbons (Fsp3) is 0.545. The Bertz CT molecular complexity index is 387. The van der Waals surface area contributed by atoms with Crippen LogP contribution in [0.5, 0.6) is 0 Å². The van der Waals surface area contributed by atoms with Crippen LogP contribution in [0.3, 0.4) is 0 Å². The van der Waals surface area contributed by atoms with Crippen molar-refractivity contribution in [2.24, 2.45) is 5.92 Å². The van der Waals surface area contributed by atoms with E-state index in [1.807, 2.05) is 0 Å². The van der Waals surface area contributed by atoms with Gasteiger partial charge in [0, 0.05) is 19.3 Å². The molecule has 1 aliphatic heterocycles. The minimum Gasteiger partial charge on any atom is -0.397 e. The highest BCUT2D eigenvalue weighted by atomic mass is 79.9. The zero-order valence-electron chi connectivity index (χ0n) is 9.21. The van der Waals surface area contributed by atoms with E-state index in [0.717, 1.165) is 39.5 Å². The first-order valence-electron chi connectivity index (χ1n) is 5.44. The SMILES string of the molecule is CC1CCN(c2ncc(Br)c(N)c2Br)CC1. The van der Waals surface area contributed by atoms with Crippen molar-refractivity contribution < 1.29 is 0 Å². The second-order valence-corrected chi connectivity index (χ2v) is 5.97. The molecule has 0 amide bonds. The fourth-order valence-corrected chi connectivity index (χ4v) is 3.04. The summed E-state index contributed by atoms with van der Waals surface area (Å²) in [6.45, 7) is 4.43. The summed E-state index contributed by atoms with van der Waals surface area (Å²) in [5.41, 5.74) is 6.68. The molecule has 0 spiro atoms. The summed E-state index contributed by atoms with van der Waals surface area (Å²) in [7, 11) is 0. The average molecular weight is 349 g/mol. The Kier molecular flexibility index (Phi) is 3.74. The van der Waals surface area contributed by atoms with Gasteiger partial charge in [0.2, 0.25) is 0 Å². The first kappa shape index (κ1) is 12.2. The van der Waals surface area contributed by atoms with Crippen molar-refractivity contribution in [2.45, 2.75) is 19.8 Å². The molecule has 1 saturated heterocycles. The summed E-state index contributed by atoms with van der Waals surface area (Å²) in [6.07, 6.45) is 4.22. The largest absolute Gasteiger partial charge is 0.397 e. The summed E-state index contributed by atoms with van der Waals surface area (Å²) >= 11 is 6.90. The Morgan fingerprint density at radius 1 is 1.38 bits per heavy atom. The number of nitrogens with zero attached hydrogens (tertiary/aromatic N) is 2. The molecule has 0 atom stereocenters. The first-order valence-corrected chi connectivity index (χ1v) is 7.02. The highest BCUT2D eigenvalue weighted by Crippen LogP contribution is 2.35. The van der Waals surface area contributed by atoms with E-state index in [4.69, 9.17) is 5.73 Å². The Morgan fingerprint density at radius 2 is 2.00 bits per heavy atom. The van der Waals surface area contributed by atoms with E-state index in [0.29, 0.717) is 0 Å². The van der Waals surface area contributed by atoms with Gasteiger partial charge in [-0.1, -0.05) is 6.92 Å². The lowest BCUT2D eigenvalue weighted by Gasteiger charge is -2.32. The van der Waals surface area contributed by atoms with Gasteiger partial charge in [0.25, 0.3) is 0 Å². The lowest BCUT2D eigenvalue weighted by molar-refractivity contribution is 0.436. The molecule has 3 nitrogen and oxygen atoms in total. The number of nitrogen functional groups attached to an aromatic ring is 1. The van der Waals surface area contributed by atoms with Gasteiger partial charge in [-0.15, -0.1) is 0 Å². The second-order valence-electron chi connectivity index (χ2n) is 4.33. The highest BCUT2D eigenvalue weighted by Gasteiger charge is 2.20. The van der Waals surface area contributed by atoms with Gasteiger partial charge in [-0.25, -0.2) is 4.98 Å². The quantitative estimate of drug-likeness (QED) is 0.845. The molecule has 2 heterocycles. The molecule has 88 valence electrons. The van der Waals surface area contributed by atoms with Crippen molar-refractivity contribution in [1.82, 2.24) is 4.98 Å². The molecule has 0 aliphatic carbocycles. The lowest BCUT2D eigenvalue weighted by Crippen LogP contribution is -2.33. The number of rotatable bonds is 1. The molecular weight excluding hydrogens is 334 g/mol. The standard InChI is InChI=1S/C11H15Br2N3/c1-7-2-4-16(5-3-7)11-9(13)10(14)8(12)6-15-11/h6-7H,2-5H2,1H3,(H2,14,15). The van der Waals surface area contributed by atoms with Crippen molar-refractivity contribution in [2.75, 3.05) is 23.7 Å². The predicted molar refractivity (Wildman–Crippen MR) is 74.7 cm³/mol. The van der Waals surface area contributed by atoms with Crippen LogP contribution < -0.4 is 10.6 Å². The Labute approximate surface area is 113 Å². The Morgan fingerprint density at radius 3 is 2.62 bits per heavy atom. The molecule has 0 unspecified atom stereocenters. The molecule has 0 saturated carbocycles. The number of halogens is 2. The number of piperidine rings is 1. The molecule has 1 fully saturated rings. The number of nitrogens with two attached hydrogens (primary N) is 1. The van der Waals surface area contributed by atoms with Crippen molar-refractivity contribution in [3.63, 3.8) is 0 Å². The molecule has 1 aromatic heterocycles. The van der Waals surface area contributed by atoms with E-state index in [1.165, 1.54) is 12.8 Å². The normalized spacial score (nSPS) is 17.8. The van der Waals surface area contributed by atoms with E-state index in [9.17, 15) is 0 Å². The van der Waals surface area contributed by atoms with Crippen LogP contribution in [0.1, 0.15) is 19.8 Å². The number of aromatic nitrogens is 1. The van der Waals surface area contributed by atoms with Crippen LogP contribution in [-0.2, 0) is 0 Å². The number of pyridine rings is 1. The zero-order chi connectivity index (χ0) is 11.7. The minimum atomic E-state index is 0.726. The van der Waals surface area contributed by atoms with Crippen LogP contribution in [-0.4, -0.2) is 18.1 Å². The van der Waals surface area contributed by atoms with E-state index in [-0.39, 0.29) is 0 Å². The van der Waals surface area contributed by atoms with Crippen molar-refractivity contribution >= 4 is 43.4 Å². The maximum Gasteiger partial charge on any atom is 0.145 e. The van der Waals surface area contributed by atoms with Crippen LogP contribution in [0.2, 0.25) is 0 Å². The zero-order valence-corrected chi connectivity index (χ0v) is 12.4. The van der Waals surface area contributed by atoms with Crippen LogP contribution >= 0.6 is 31.9 Å². The van der Waals surface area contributed by atoms with Gasteiger partial charge in [0.15, 0.2) is 0 Å². The molecule has 1 aliphatic rings. The van der Waals surface area contributed by atoms with Crippen molar-refractivity contribution in [3.05, 3.63) is 15.1 Å². The second kappa shape index (κ2) is 4.92. The molecule has 16 heavy (non-hydrogen) atoms. The highest BCUT2D eigenvalue weighted by molar-refractivity contribution is 9.11.